The molecule has 0 spiro atoms. The summed E-state index contributed by atoms with van der Waals surface area (Å²) >= 11 is 0. The zero-order chi connectivity index (χ0) is 17.3. The van der Waals surface area contributed by atoms with Crippen molar-refractivity contribution in [2.24, 2.45) is 7.05 Å². The lowest BCUT2D eigenvalue weighted by molar-refractivity contribution is -0.138. The number of hydrogen-bond donors (Lipinski definition) is 2. The largest absolute Gasteiger partial charge is 0.416 e. The van der Waals surface area contributed by atoms with E-state index in [9.17, 15) is 18.3 Å². The van der Waals surface area contributed by atoms with Crippen LogP contribution in [0.2, 0.25) is 0 Å². The smallest absolute Gasteiger partial charge is 0.384 e. The molecule has 2 aromatic rings. The molecule has 0 aliphatic heterocycles. The highest BCUT2D eigenvalue weighted by molar-refractivity contribution is 5.32. The molecule has 1 aromatic carbocycles. The Morgan fingerprint density at radius 3 is 2.52 bits per heavy atom. The molecule has 2 atom stereocenters. The first-order valence-corrected chi connectivity index (χ1v) is 7.22. The number of halogens is 3. The summed E-state index contributed by atoms with van der Waals surface area (Å²) in [6, 6.07) is 4.88. The highest BCUT2D eigenvalue weighted by Crippen LogP contribution is 2.34. The van der Waals surface area contributed by atoms with Gasteiger partial charge in [0.15, 0.2) is 0 Å². The van der Waals surface area contributed by atoms with Gasteiger partial charge in [0.05, 0.1) is 11.8 Å². The highest BCUT2D eigenvalue weighted by Gasteiger charge is 2.34. The molecular formula is C16H20F3N3O. The Morgan fingerprint density at radius 1 is 1.30 bits per heavy atom. The van der Waals surface area contributed by atoms with Crippen molar-refractivity contribution in [3.8, 4) is 0 Å². The molecule has 0 radical (unpaired) electrons. The standard InChI is InChI=1S/C16H20F3N3O/c1-11(13-6-4-5-7-14(13)16(17,18)19)20-10-15(2,23)12-8-21-22(3)9-12/h4-9,11,20,23H,10H2,1-3H3. The van der Waals surface area contributed by atoms with Crippen molar-refractivity contribution in [2.75, 3.05) is 6.54 Å². The average molecular weight is 327 g/mol. The number of benzene rings is 1. The Morgan fingerprint density at radius 2 is 1.96 bits per heavy atom. The Balaban J connectivity index is 2.13. The fraction of sp³-hybridized carbons (Fsp3) is 0.438. The normalized spacial score (nSPS) is 16.1. The molecule has 2 rings (SSSR count). The fourth-order valence-corrected chi connectivity index (χ4v) is 2.40. The van der Waals surface area contributed by atoms with Gasteiger partial charge in [0.25, 0.3) is 0 Å². The molecule has 23 heavy (non-hydrogen) atoms. The molecule has 0 bridgehead atoms. The summed E-state index contributed by atoms with van der Waals surface area (Å²) < 4.78 is 40.7. The first kappa shape index (κ1) is 17.5. The van der Waals surface area contributed by atoms with Gasteiger partial charge in [0.1, 0.15) is 5.60 Å². The third kappa shape index (κ3) is 4.11. The van der Waals surface area contributed by atoms with Gasteiger partial charge in [-0.15, -0.1) is 0 Å². The predicted molar refractivity (Wildman–Crippen MR) is 80.6 cm³/mol. The zero-order valence-electron chi connectivity index (χ0n) is 13.2. The number of aromatic nitrogens is 2. The third-order valence-corrected chi connectivity index (χ3v) is 3.81. The van der Waals surface area contributed by atoms with E-state index in [1.807, 2.05) is 0 Å². The molecule has 126 valence electrons. The minimum Gasteiger partial charge on any atom is -0.384 e. The Bertz CT molecular complexity index is 665. The van der Waals surface area contributed by atoms with Gasteiger partial charge in [0, 0.05) is 31.4 Å². The van der Waals surface area contributed by atoms with Gasteiger partial charge in [0.2, 0.25) is 0 Å². The number of alkyl halides is 3. The molecule has 0 saturated heterocycles. The van der Waals surface area contributed by atoms with Crippen molar-refractivity contribution < 1.29 is 18.3 Å². The number of nitrogens with zero attached hydrogens (tertiary/aromatic N) is 2. The van der Waals surface area contributed by atoms with Gasteiger partial charge in [-0.2, -0.15) is 18.3 Å². The zero-order valence-corrected chi connectivity index (χ0v) is 13.2. The van der Waals surface area contributed by atoms with Crippen LogP contribution >= 0.6 is 0 Å². The van der Waals surface area contributed by atoms with Crippen molar-refractivity contribution in [1.82, 2.24) is 15.1 Å². The second-order valence-corrected chi connectivity index (χ2v) is 5.86. The van der Waals surface area contributed by atoms with Crippen LogP contribution in [-0.4, -0.2) is 21.4 Å². The van der Waals surface area contributed by atoms with Crippen LogP contribution in [-0.2, 0) is 18.8 Å². The van der Waals surface area contributed by atoms with Crippen LogP contribution in [0.4, 0.5) is 13.2 Å². The SMILES string of the molecule is CC(NCC(C)(O)c1cnn(C)c1)c1ccccc1C(F)(F)F. The van der Waals surface area contributed by atoms with E-state index in [1.165, 1.54) is 18.3 Å². The predicted octanol–water partition coefficient (Wildman–Crippen LogP) is 3.00. The van der Waals surface area contributed by atoms with E-state index in [1.54, 1.807) is 37.8 Å². The summed E-state index contributed by atoms with van der Waals surface area (Å²) in [5, 5.41) is 17.5. The maximum absolute atomic E-state index is 13.1. The molecule has 2 N–H and O–H groups in total. The van der Waals surface area contributed by atoms with Gasteiger partial charge in [-0.1, -0.05) is 18.2 Å². The van der Waals surface area contributed by atoms with E-state index in [4.69, 9.17) is 0 Å². The second-order valence-electron chi connectivity index (χ2n) is 5.86. The van der Waals surface area contributed by atoms with Gasteiger partial charge in [-0.3, -0.25) is 4.68 Å². The second kappa shape index (κ2) is 6.33. The average Bonchev–Trinajstić information content (AvgIpc) is 2.91. The molecule has 1 aromatic heterocycles. The Kier molecular flexibility index (Phi) is 4.81. The molecule has 7 heteroatoms. The topological polar surface area (TPSA) is 50.1 Å². The number of aliphatic hydroxyl groups is 1. The molecule has 0 aliphatic carbocycles. The first-order valence-electron chi connectivity index (χ1n) is 7.22. The van der Waals surface area contributed by atoms with Crippen LogP contribution in [0, 0.1) is 0 Å². The minimum atomic E-state index is -4.40. The fourth-order valence-electron chi connectivity index (χ4n) is 2.40. The number of hydrogen-bond acceptors (Lipinski definition) is 3. The molecule has 0 fully saturated rings. The van der Waals surface area contributed by atoms with E-state index in [-0.39, 0.29) is 12.1 Å². The van der Waals surface area contributed by atoms with Gasteiger partial charge in [-0.25, -0.2) is 0 Å². The summed E-state index contributed by atoms with van der Waals surface area (Å²) in [6.45, 7) is 3.34. The van der Waals surface area contributed by atoms with E-state index in [0.29, 0.717) is 5.56 Å². The Labute approximate surface area is 132 Å². The lowest BCUT2D eigenvalue weighted by Crippen LogP contribution is -2.37. The van der Waals surface area contributed by atoms with Crippen molar-refractivity contribution >= 4 is 0 Å². The molecule has 2 unspecified atom stereocenters. The van der Waals surface area contributed by atoms with Crippen LogP contribution in [0.3, 0.4) is 0 Å². The number of rotatable bonds is 5. The summed E-state index contributed by atoms with van der Waals surface area (Å²) in [4.78, 5) is 0. The van der Waals surface area contributed by atoms with E-state index in [0.717, 1.165) is 6.07 Å². The van der Waals surface area contributed by atoms with Crippen LogP contribution in [0.15, 0.2) is 36.7 Å². The van der Waals surface area contributed by atoms with E-state index >= 15 is 0 Å². The number of nitrogens with one attached hydrogen (secondary N) is 1. The van der Waals surface area contributed by atoms with Crippen LogP contribution in [0.25, 0.3) is 0 Å². The molecular weight excluding hydrogens is 307 g/mol. The van der Waals surface area contributed by atoms with E-state index in [2.05, 4.69) is 10.4 Å². The van der Waals surface area contributed by atoms with Crippen LogP contribution in [0.5, 0.6) is 0 Å². The lowest BCUT2D eigenvalue weighted by Gasteiger charge is -2.26. The molecule has 0 aliphatic rings. The summed E-state index contributed by atoms with van der Waals surface area (Å²) in [7, 11) is 1.73. The first-order chi connectivity index (χ1) is 10.6. The van der Waals surface area contributed by atoms with Gasteiger partial charge < -0.3 is 10.4 Å². The van der Waals surface area contributed by atoms with E-state index < -0.39 is 23.4 Å². The van der Waals surface area contributed by atoms with Crippen molar-refractivity contribution in [2.45, 2.75) is 31.7 Å². The monoisotopic (exact) mass is 327 g/mol. The minimum absolute atomic E-state index is 0.103. The van der Waals surface area contributed by atoms with Gasteiger partial charge >= 0.3 is 6.18 Å². The van der Waals surface area contributed by atoms with Crippen LogP contribution < -0.4 is 5.32 Å². The maximum Gasteiger partial charge on any atom is 0.416 e. The molecule has 1 heterocycles. The third-order valence-electron chi connectivity index (χ3n) is 3.81. The van der Waals surface area contributed by atoms with Crippen LogP contribution in [0.1, 0.15) is 36.6 Å². The quantitative estimate of drug-likeness (QED) is 0.888. The maximum atomic E-state index is 13.1. The summed E-state index contributed by atoms with van der Waals surface area (Å²) in [5.41, 5.74) is -1.14. The summed E-state index contributed by atoms with van der Waals surface area (Å²) in [5.74, 6) is 0. The van der Waals surface area contributed by atoms with Gasteiger partial charge in [-0.05, 0) is 25.5 Å². The van der Waals surface area contributed by atoms with Crippen molar-refractivity contribution in [3.63, 3.8) is 0 Å². The molecule has 0 amide bonds. The molecule has 0 saturated carbocycles. The highest BCUT2D eigenvalue weighted by atomic mass is 19.4. The molecule has 4 nitrogen and oxygen atoms in total. The lowest BCUT2D eigenvalue weighted by atomic mass is 9.97. The van der Waals surface area contributed by atoms with Crippen molar-refractivity contribution in [1.29, 1.82) is 0 Å². The number of aryl methyl sites for hydroxylation is 1. The summed E-state index contributed by atoms with van der Waals surface area (Å²) in [6.07, 6.45) is -1.19. The van der Waals surface area contributed by atoms with Crippen molar-refractivity contribution in [3.05, 3.63) is 53.3 Å². The Hall–Kier alpha value is -1.86.